The molecule has 0 aromatic heterocycles. The zero-order chi connectivity index (χ0) is 13.4. The summed E-state index contributed by atoms with van der Waals surface area (Å²) < 4.78 is 0. The van der Waals surface area contributed by atoms with Crippen molar-refractivity contribution in [1.82, 2.24) is 10.2 Å². The predicted molar refractivity (Wildman–Crippen MR) is 73.5 cm³/mol. The first-order chi connectivity index (χ1) is 8.45. The molecule has 1 atom stereocenters. The van der Waals surface area contributed by atoms with Gasteiger partial charge in [0.05, 0.1) is 5.41 Å². The molecule has 102 valence electrons. The lowest BCUT2D eigenvalue weighted by Gasteiger charge is -2.24. The molecule has 2 amide bonds. The molecule has 2 aliphatic rings. The Labute approximate surface area is 114 Å². The van der Waals surface area contributed by atoms with Crippen molar-refractivity contribution in [2.45, 2.75) is 32.6 Å². The normalized spacial score (nSPS) is 29.2. The highest BCUT2D eigenvalue weighted by Gasteiger charge is 2.46. The summed E-state index contributed by atoms with van der Waals surface area (Å²) in [6.45, 7) is 3.18. The zero-order valence-corrected chi connectivity index (χ0v) is 12.1. The molecule has 2 rings (SSSR count). The smallest absolute Gasteiger partial charge is 0.227 e. The molecule has 1 saturated heterocycles. The molecule has 1 aliphatic heterocycles. The third-order valence-electron chi connectivity index (χ3n) is 4.42. The van der Waals surface area contributed by atoms with E-state index in [0.29, 0.717) is 19.5 Å². The second kappa shape index (κ2) is 4.76. The Morgan fingerprint density at radius 3 is 2.50 bits per heavy atom. The van der Waals surface area contributed by atoms with E-state index in [0.717, 1.165) is 25.0 Å². The molecule has 4 nitrogen and oxygen atoms in total. The minimum Gasteiger partial charge on any atom is -0.359 e. The molecule has 1 heterocycles. The second-order valence-corrected chi connectivity index (χ2v) is 6.36. The number of carbonyl (C=O) groups is 2. The Kier molecular flexibility index (Phi) is 3.63. The van der Waals surface area contributed by atoms with Crippen molar-refractivity contribution in [3.63, 3.8) is 0 Å². The number of nitrogens with zero attached hydrogens (tertiary/aromatic N) is 1. The van der Waals surface area contributed by atoms with Crippen molar-refractivity contribution < 1.29 is 9.59 Å². The molecular formula is C13H22N2O2S. The highest BCUT2D eigenvalue weighted by atomic mass is 32.1. The quantitative estimate of drug-likeness (QED) is 0.751. The maximum atomic E-state index is 12.2. The van der Waals surface area contributed by atoms with E-state index >= 15 is 0 Å². The fourth-order valence-electron chi connectivity index (χ4n) is 2.66. The maximum absolute atomic E-state index is 12.2. The van der Waals surface area contributed by atoms with Gasteiger partial charge in [-0.15, -0.1) is 0 Å². The summed E-state index contributed by atoms with van der Waals surface area (Å²) in [5.74, 6) is 1.02. The number of hydrogen-bond donors (Lipinski definition) is 2. The van der Waals surface area contributed by atoms with Crippen molar-refractivity contribution >= 4 is 24.4 Å². The summed E-state index contributed by atoms with van der Waals surface area (Å²) in [5.41, 5.74) is -0.256. The lowest BCUT2D eigenvalue weighted by molar-refractivity contribution is -0.133. The first-order valence-corrected chi connectivity index (χ1v) is 7.19. The number of carbonyl (C=O) groups excluding carboxylic acids is 2. The van der Waals surface area contributed by atoms with Crippen LogP contribution in [0.4, 0.5) is 0 Å². The number of thiol groups is 1. The largest absolute Gasteiger partial charge is 0.359 e. The van der Waals surface area contributed by atoms with Crippen molar-refractivity contribution in [2.75, 3.05) is 25.9 Å². The first kappa shape index (κ1) is 13.7. The van der Waals surface area contributed by atoms with Gasteiger partial charge < -0.3 is 10.2 Å². The Hall–Kier alpha value is -0.710. The van der Waals surface area contributed by atoms with Gasteiger partial charge >= 0.3 is 0 Å². The van der Waals surface area contributed by atoms with E-state index in [1.807, 2.05) is 11.8 Å². The van der Waals surface area contributed by atoms with Crippen molar-refractivity contribution in [2.24, 2.45) is 10.8 Å². The van der Waals surface area contributed by atoms with Gasteiger partial charge in [-0.1, -0.05) is 0 Å². The van der Waals surface area contributed by atoms with Gasteiger partial charge in [0.1, 0.15) is 0 Å². The van der Waals surface area contributed by atoms with Gasteiger partial charge in [-0.3, -0.25) is 9.59 Å². The number of rotatable bonds is 4. The summed E-state index contributed by atoms with van der Waals surface area (Å²) in [4.78, 5) is 25.9. The average Bonchev–Trinajstić information content (AvgIpc) is 3.02. The lowest BCUT2D eigenvalue weighted by atomic mass is 9.89. The Bertz CT molecular complexity index is 368. The Morgan fingerprint density at radius 2 is 2.00 bits per heavy atom. The number of likely N-dealkylation sites (tertiary alicyclic amines) is 1. The summed E-state index contributed by atoms with van der Waals surface area (Å²) in [6.07, 6.45) is 3.58. The number of hydrogen-bond acceptors (Lipinski definition) is 3. The minimum atomic E-state index is -0.415. The number of amides is 2. The SMILES string of the molecule is CNC(=O)C1(C)CCN(C(=O)CC2(CS)CC2)C1. The fourth-order valence-corrected chi connectivity index (χ4v) is 3.09. The average molecular weight is 270 g/mol. The van der Waals surface area contributed by atoms with E-state index in [1.165, 1.54) is 0 Å². The van der Waals surface area contributed by atoms with Gasteiger partial charge in [0.2, 0.25) is 11.8 Å². The van der Waals surface area contributed by atoms with Crippen LogP contribution in [0.1, 0.15) is 32.6 Å². The van der Waals surface area contributed by atoms with Gasteiger partial charge in [-0.05, 0) is 37.4 Å². The molecule has 1 unspecified atom stereocenters. The third kappa shape index (κ3) is 2.51. The summed E-state index contributed by atoms with van der Waals surface area (Å²) in [6, 6.07) is 0. The van der Waals surface area contributed by atoms with E-state index in [9.17, 15) is 9.59 Å². The van der Waals surface area contributed by atoms with Crippen LogP contribution in [-0.4, -0.2) is 42.6 Å². The molecule has 0 radical (unpaired) electrons. The third-order valence-corrected chi connectivity index (χ3v) is 5.09. The minimum absolute atomic E-state index is 0.0353. The summed E-state index contributed by atoms with van der Waals surface area (Å²) in [5, 5.41) is 2.69. The highest BCUT2D eigenvalue weighted by Crippen LogP contribution is 2.50. The number of nitrogens with one attached hydrogen (secondary N) is 1. The molecule has 0 aromatic rings. The van der Waals surface area contributed by atoms with E-state index in [1.54, 1.807) is 7.05 Å². The molecule has 5 heteroatoms. The van der Waals surface area contributed by atoms with E-state index in [2.05, 4.69) is 17.9 Å². The molecule has 18 heavy (non-hydrogen) atoms. The topological polar surface area (TPSA) is 49.4 Å². The lowest BCUT2D eigenvalue weighted by Crippen LogP contribution is -2.40. The van der Waals surface area contributed by atoms with Crippen LogP contribution >= 0.6 is 12.6 Å². The monoisotopic (exact) mass is 270 g/mol. The van der Waals surface area contributed by atoms with Crippen LogP contribution in [0.25, 0.3) is 0 Å². The molecule has 0 aromatic carbocycles. The summed E-state index contributed by atoms with van der Waals surface area (Å²) in [7, 11) is 1.65. The predicted octanol–water partition coefficient (Wildman–Crippen LogP) is 1.07. The molecule has 0 bridgehead atoms. The van der Waals surface area contributed by atoms with Crippen LogP contribution in [0.15, 0.2) is 0 Å². The van der Waals surface area contributed by atoms with Crippen molar-refractivity contribution in [3.05, 3.63) is 0 Å². The van der Waals surface area contributed by atoms with Gasteiger partial charge in [0.15, 0.2) is 0 Å². The van der Waals surface area contributed by atoms with Gasteiger partial charge in [0.25, 0.3) is 0 Å². The van der Waals surface area contributed by atoms with Crippen LogP contribution < -0.4 is 5.32 Å². The maximum Gasteiger partial charge on any atom is 0.227 e. The fraction of sp³-hybridized carbons (Fsp3) is 0.846. The second-order valence-electron chi connectivity index (χ2n) is 6.04. The van der Waals surface area contributed by atoms with Crippen LogP contribution in [0.2, 0.25) is 0 Å². The van der Waals surface area contributed by atoms with Crippen LogP contribution in [0.3, 0.4) is 0 Å². The zero-order valence-electron chi connectivity index (χ0n) is 11.2. The molecule has 1 saturated carbocycles. The van der Waals surface area contributed by atoms with Gasteiger partial charge in [0, 0.05) is 26.6 Å². The molecule has 0 spiro atoms. The molecular weight excluding hydrogens is 248 g/mol. The Balaban J connectivity index is 1.92. The van der Waals surface area contributed by atoms with Gasteiger partial charge in [-0.2, -0.15) is 12.6 Å². The van der Waals surface area contributed by atoms with Crippen LogP contribution in [0, 0.1) is 10.8 Å². The summed E-state index contributed by atoms with van der Waals surface area (Å²) >= 11 is 4.33. The van der Waals surface area contributed by atoms with Crippen molar-refractivity contribution in [1.29, 1.82) is 0 Å². The standard InChI is InChI=1S/C13H22N2O2S/c1-12(11(17)14-2)5-6-15(8-12)10(16)7-13(9-18)3-4-13/h18H,3-9H2,1-2H3,(H,14,17). The van der Waals surface area contributed by atoms with Crippen LogP contribution in [-0.2, 0) is 9.59 Å². The van der Waals surface area contributed by atoms with E-state index in [4.69, 9.17) is 0 Å². The first-order valence-electron chi connectivity index (χ1n) is 6.56. The van der Waals surface area contributed by atoms with Crippen molar-refractivity contribution in [3.8, 4) is 0 Å². The Morgan fingerprint density at radius 1 is 1.33 bits per heavy atom. The highest BCUT2D eigenvalue weighted by molar-refractivity contribution is 7.80. The van der Waals surface area contributed by atoms with E-state index < -0.39 is 5.41 Å². The van der Waals surface area contributed by atoms with Gasteiger partial charge in [-0.25, -0.2) is 0 Å². The van der Waals surface area contributed by atoms with E-state index in [-0.39, 0.29) is 17.2 Å². The van der Waals surface area contributed by atoms with Crippen LogP contribution in [0.5, 0.6) is 0 Å². The molecule has 2 fully saturated rings. The molecule has 1 N–H and O–H groups in total. The molecule has 1 aliphatic carbocycles.